The molecule has 5 heterocycles. The van der Waals surface area contributed by atoms with Crippen LogP contribution in [0.2, 0.25) is 0 Å². The van der Waals surface area contributed by atoms with Crippen molar-refractivity contribution >= 4 is 40.2 Å². The number of pyridine rings is 1. The van der Waals surface area contributed by atoms with Gasteiger partial charge in [-0.25, -0.2) is 14.4 Å². The monoisotopic (exact) mass is 470 g/mol. The minimum Gasteiger partial charge on any atom is -0.391 e. The lowest BCUT2D eigenvalue weighted by Gasteiger charge is -2.32. The highest BCUT2D eigenvalue weighted by atomic mass is 19.1. The quantitative estimate of drug-likeness (QED) is 0.508. The minimum atomic E-state index is -1.34. The largest absolute Gasteiger partial charge is 0.391 e. The molecule has 3 aromatic heterocycles. The molecule has 180 valence electrons. The van der Waals surface area contributed by atoms with E-state index in [0.717, 1.165) is 5.52 Å². The summed E-state index contributed by atoms with van der Waals surface area (Å²) in [5.41, 5.74) is 0.788. The molecule has 2 fully saturated rings. The highest BCUT2D eigenvalue weighted by Gasteiger charge is 2.33. The SMILES string of the molecule is CC(C)n1nc(N2CC(O)CC2=O)c2cnc(Nc3ccnc(N4CC[C@@H](O)[C@@H](F)C4)n3)cc21. The van der Waals surface area contributed by atoms with Crippen LogP contribution in [0.3, 0.4) is 0 Å². The summed E-state index contributed by atoms with van der Waals surface area (Å²) in [7, 11) is 0. The van der Waals surface area contributed by atoms with Crippen LogP contribution in [0.15, 0.2) is 24.5 Å². The third-order valence-corrected chi connectivity index (χ3v) is 6.11. The van der Waals surface area contributed by atoms with Crippen LogP contribution in [0.25, 0.3) is 10.9 Å². The Morgan fingerprint density at radius 2 is 2.03 bits per heavy atom. The molecule has 0 bridgehead atoms. The van der Waals surface area contributed by atoms with Gasteiger partial charge in [0.1, 0.15) is 17.8 Å². The Labute approximate surface area is 195 Å². The molecule has 0 aliphatic carbocycles. The van der Waals surface area contributed by atoms with Crippen LogP contribution < -0.4 is 15.1 Å². The Morgan fingerprint density at radius 3 is 2.74 bits per heavy atom. The lowest BCUT2D eigenvalue weighted by Crippen LogP contribution is -2.45. The van der Waals surface area contributed by atoms with Gasteiger partial charge < -0.3 is 20.4 Å². The number of hydrogen-bond donors (Lipinski definition) is 3. The first-order valence-electron chi connectivity index (χ1n) is 11.3. The van der Waals surface area contributed by atoms with Crippen molar-refractivity contribution in [2.45, 2.75) is 51.1 Å². The number of carbonyl (C=O) groups excluding carboxylic acids is 1. The number of amides is 1. The van der Waals surface area contributed by atoms with E-state index in [4.69, 9.17) is 0 Å². The molecule has 2 aliphatic heterocycles. The summed E-state index contributed by atoms with van der Waals surface area (Å²) in [6.07, 6.45) is 0.636. The van der Waals surface area contributed by atoms with Crippen molar-refractivity contribution in [2.24, 2.45) is 0 Å². The summed E-state index contributed by atoms with van der Waals surface area (Å²) >= 11 is 0. The second-order valence-corrected chi connectivity index (χ2v) is 9.00. The average molecular weight is 471 g/mol. The lowest BCUT2D eigenvalue weighted by molar-refractivity contribution is -0.117. The van der Waals surface area contributed by atoms with Gasteiger partial charge in [0.2, 0.25) is 11.9 Å². The maximum atomic E-state index is 14.0. The van der Waals surface area contributed by atoms with Gasteiger partial charge in [0.25, 0.3) is 0 Å². The number of aliphatic hydroxyl groups is 2. The van der Waals surface area contributed by atoms with Crippen molar-refractivity contribution in [2.75, 3.05) is 34.8 Å². The number of nitrogens with one attached hydrogen (secondary N) is 1. The van der Waals surface area contributed by atoms with Crippen molar-refractivity contribution in [1.29, 1.82) is 0 Å². The van der Waals surface area contributed by atoms with E-state index < -0.39 is 18.4 Å². The number of anilines is 4. The van der Waals surface area contributed by atoms with Gasteiger partial charge in [-0.05, 0) is 26.3 Å². The van der Waals surface area contributed by atoms with Gasteiger partial charge in [-0.2, -0.15) is 10.1 Å². The maximum Gasteiger partial charge on any atom is 0.230 e. The van der Waals surface area contributed by atoms with E-state index in [1.54, 1.807) is 23.4 Å². The van der Waals surface area contributed by atoms with E-state index >= 15 is 0 Å². The van der Waals surface area contributed by atoms with Crippen LogP contribution in [0.4, 0.5) is 27.8 Å². The topological polar surface area (TPSA) is 133 Å². The third-order valence-electron chi connectivity index (χ3n) is 6.11. The summed E-state index contributed by atoms with van der Waals surface area (Å²) < 4.78 is 15.8. The molecule has 0 spiro atoms. The summed E-state index contributed by atoms with van der Waals surface area (Å²) in [6.45, 7) is 4.70. The molecule has 34 heavy (non-hydrogen) atoms. The number of β-amino-alcohol motifs (C(OH)–C–C–N with tert-alkyl or cyclic N) is 1. The number of halogens is 1. The number of aliphatic hydroxyl groups excluding tert-OH is 2. The van der Waals surface area contributed by atoms with Crippen LogP contribution in [0.1, 0.15) is 32.7 Å². The number of rotatable bonds is 5. The smallest absolute Gasteiger partial charge is 0.230 e. The molecule has 2 aliphatic rings. The van der Waals surface area contributed by atoms with E-state index in [2.05, 4.69) is 25.4 Å². The van der Waals surface area contributed by atoms with Gasteiger partial charge in [0, 0.05) is 31.0 Å². The molecule has 1 unspecified atom stereocenters. The Bertz CT molecular complexity index is 1220. The molecule has 0 saturated carbocycles. The third kappa shape index (κ3) is 4.14. The fourth-order valence-corrected chi connectivity index (χ4v) is 4.35. The molecule has 2 saturated heterocycles. The summed E-state index contributed by atoms with van der Waals surface area (Å²) in [6, 6.07) is 3.55. The number of nitrogens with zero attached hydrogens (tertiary/aromatic N) is 7. The van der Waals surface area contributed by atoms with Crippen molar-refractivity contribution in [3.8, 4) is 0 Å². The highest BCUT2D eigenvalue weighted by Crippen LogP contribution is 2.32. The first kappa shape index (κ1) is 22.4. The van der Waals surface area contributed by atoms with Gasteiger partial charge in [0.15, 0.2) is 5.82 Å². The molecule has 1 amide bonds. The average Bonchev–Trinajstić information content (AvgIpc) is 3.34. The standard InChI is InChI=1S/C22H27FN8O3/c1-12(2)31-16-8-19(25-9-14(16)21(28-31)30-10-13(32)7-20(30)34)26-18-3-5-24-22(27-18)29-6-4-17(33)15(23)11-29/h3,5,8-9,12-13,15,17,32-33H,4,6-7,10-11H2,1-2H3,(H,24,25,26,27)/t13?,15-,17+/m0/s1. The van der Waals surface area contributed by atoms with Gasteiger partial charge in [-0.3, -0.25) is 14.4 Å². The summed E-state index contributed by atoms with van der Waals surface area (Å²) in [5.74, 6) is 1.71. The van der Waals surface area contributed by atoms with Gasteiger partial charge in [-0.1, -0.05) is 0 Å². The van der Waals surface area contributed by atoms with Gasteiger partial charge >= 0.3 is 0 Å². The van der Waals surface area contributed by atoms with E-state index in [-0.39, 0.29) is 31.5 Å². The van der Waals surface area contributed by atoms with Crippen molar-refractivity contribution < 1.29 is 19.4 Å². The fourth-order valence-electron chi connectivity index (χ4n) is 4.35. The maximum absolute atomic E-state index is 14.0. The zero-order chi connectivity index (χ0) is 24.0. The second-order valence-electron chi connectivity index (χ2n) is 9.00. The Kier molecular flexibility index (Phi) is 5.78. The predicted molar refractivity (Wildman–Crippen MR) is 124 cm³/mol. The zero-order valence-corrected chi connectivity index (χ0v) is 19.0. The molecule has 0 radical (unpaired) electrons. The summed E-state index contributed by atoms with van der Waals surface area (Å²) in [5, 5.41) is 28.1. The van der Waals surface area contributed by atoms with Crippen molar-refractivity contribution in [3.63, 3.8) is 0 Å². The first-order chi connectivity index (χ1) is 16.3. The van der Waals surface area contributed by atoms with Crippen LogP contribution in [-0.4, -0.2) is 78.9 Å². The number of hydrogen-bond acceptors (Lipinski definition) is 9. The molecule has 3 aromatic rings. The van der Waals surface area contributed by atoms with Crippen LogP contribution in [0, 0.1) is 0 Å². The zero-order valence-electron chi connectivity index (χ0n) is 19.0. The molecular formula is C22H27FN8O3. The number of alkyl halides is 1. The highest BCUT2D eigenvalue weighted by molar-refractivity contribution is 6.03. The Hall–Kier alpha value is -3.38. The number of aromatic nitrogens is 5. The van der Waals surface area contributed by atoms with E-state index in [9.17, 15) is 19.4 Å². The van der Waals surface area contributed by atoms with E-state index in [1.807, 2.05) is 24.6 Å². The van der Waals surface area contributed by atoms with E-state index in [1.165, 1.54) is 4.90 Å². The van der Waals surface area contributed by atoms with Crippen molar-refractivity contribution in [1.82, 2.24) is 24.7 Å². The van der Waals surface area contributed by atoms with E-state index in [0.29, 0.717) is 41.8 Å². The normalized spacial score (nSPS) is 23.4. The Morgan fingerprint density at radius 1 is 1.21 bits per heavy atom. The molecule has 0 aromatic carbocycles. The first-order valence-corrected chi connectivity index (χ1v) is 11.3. The molecule has 3 atom stereocenters. The Balaban J connectivity index is 1.43. The number of fused-ring (bicyclic) bond motifs is 1. The minimum absolute atomic E-state index is 0.0304. The number of piperidine rings is 1. The second kappa shape index (κ2) is 8.76. The number of carbonyl (C=O) groups is 1. The fraction of sp³-hybridized carbons (Fsp3) is 0.500. The van der Waals surface area contributed by atoms with Gasteiger partial charge in [-0.15, -0.1) is 0 Å². The summed E-state index contributed by atoms with van der Waals surface area (Å²) in [4.78, 5) is 28.8. The van der Waals surface area contributed by atoms with Crippen LogP contribution in [-0.2, 0) is 4.79 Å². The molecule has 5 rings (SSSR count). The van der Waals surface area contributed by atoms with Gasteiger partial charge in [0.05, 0.1) is 42.6 Å². The molecule has 12 heteroatoms. The van der Waals surface area contributed by atoms with Crippen LogP contribution in [0.5, 0.6) is 0 Å². The predicted octanol–water partition coefficient (Wildman–Crippen LogP) is 1.55. The van der Waals surface area contributed by atoms with Crippen LogP contribution >= 0.6 is 0 Å². The van der Waals surface area contributed by atoms with Crippen molar-refractivity contribution in [3.05, 3.63) is 24.5 Å². The molecule has 3 N–H and O–H groups in total. The molecular weight excluding hydrogens is 443 g/mol. The molecule has 11 nitrogen and oxygen atoms in total. The lowest BCUT2D eigenvalue weighted by atomic mass is 10.1.